The molecule has 0 saturated heterocycles. The molecule has 0 saturated carbocycles. The van der Waals surface area contributed by atoms with Gasteiger partial charge in [0, 0.05) is 17.4 Å². The van der Waals surface area contributed by atoms with Crippen LogP contribution in [0, 0.1) is 0 Å². The number of anilines is 1. The molecule has 1 aromatic carbocycles. The predicted molar refractivity (Wildman–Crippen MR) is 97.3 cm³/mol. The summed E-state index contributed by atoms with van der Waals surface area (Å²) < 4.78 is 10.1. The molecule has 0 radical (unpaired) electrons. The van der Waals surface area contributed by atoms with Crippen molar-refractivity contribution in [2.45, 2.75) is 32.3 Å². The van der Waals surface area contributed by atoms with Crippen LogP contribution in [0.2, 0.25) is 0 Å². The van der Waals surface area contributed by atoms with Gasteiger partial charge < -0.3 is 14.8 Å². The van der Waals surface area contributed by atoms with E-state index >= 15 is 0 Å². The molecule has 6 nitrogen and oxygen atoms in total. The number of carbonyl (C=O) groups excluding carboxylic acids is 3. The average molecular weight is 373 g/mol. The Bertz CT molecular complexity index is 843. The normalized spacial score (nSPS) is 13.6. The quantitative estimate of drug-likeness (QED) is 0.814. The lowest BCUT2D eigenvalue weighted by Gasteiger charge is -2.17. The lowest BCUT2D eigenvalue weighted by molar-refractivity contribution is -0.152. The van der Waals surface area contributed by atoms with Crippen LogP contribution in [-0.4, -0.2) is 25.0 Å². The third kappa shape index (κ3) is 3.62. The van der Waals surface area contributed by atoms with Crippen LogP contribution in [0.4, 0.5) is 5.00 Å². The van der Waals surface area contributed by atoms with Gasteiger partial charge in [0.15, 0.2) is 0 Å². The number of nitrogens with one attached hydrogen (secondary N) is 1. The predicted octanol–water partition coefficient (Wildman–Crippen LogP) is 3.27. The smallest absolute Gasteiger partial charge is 0.341 e. The number of rotatable bonds is 5. The van der Waals surface area contributed by atoms with Crippen LogP contribution in [0.3, 0.4) is 0 Å². The highest BCUT2D eigenvalue weighted by molar-refractivity contribution is 7.17. The second-order valence-corrected chi connectivity index (χ2v) is 7.05. The summed E-state index contributed by atoms with van der Waals surface area (Å²) in [6.07, 6.45) is 1.57. The van der Waals surface area contributed by atoms with Gasteiger partial charge >= 0.3 is 11.9 Å². The number of methoxy groups -OCH3 is 1. The number of benzene rings is 1. The maximum atomic E-state index is 12.8. The molecule has 136 valence electrons. The number of carbonyl (C=O) groups is 3. The highest BCUT2D eigenvalue weighted by Crippen LogP contribution is 2.40. The summed E-state index contributed by atoms with van der Waals surface area (Å²) in [7, 11) is 1.32. The van der Waals surface area contributed by atoms with Crippen LogP contribution >= 0.6 is 11.3 Å². The van der Waals surface area contributed by atoms with Crippen LogP contribution in [0.5, 0.6) is 0 Å². The zero-order chi connectivity index (χ0) is 18.7. The molecule has 1 N–H and O–H groups in total. The SMILES string of the molecule is COC(=O)c1c(NC(=O)[C@H](OC(C)=O)c2ccccc2)sc2c1CCC2. The van der Waals surface area contributed by atoms with Gasteiger partial charge in [-0.15, -0.1) is 11.3 Å². The first-order chi connectivity index (χ1) is 12.5. The molecule has 1 aromatic heterocycles. The van der Waals surface area contributed by atoms with E-state index in [1.165, 1.54) is 25.4 Å². The van der Waals surface area contributed by atoms with E-state index in [2.05, 4.69) is 5.32 Å². The van der Waals surface area contributed by atoms with Crippen molar-refractivity contribution in [1.29, 1.82) is 0 Å². The van der Waals surface area contributed by atoms with Crippen molar-refractivity contribution < 1.29 is 23.9 Å². The summed E-state index contributed by atoms with van der Waals surface area (Å²) in [6, 6.07) is 8.76. The fourth-order valence-electron chi connectivity index (χ4n) is 3.05. The molecule has 1 aliphatic rings. The molecule has 3 rings (SSSR count). The second-order valence-electron chi connectivity index (χ2n) is 5.94. The van der Waals surface area contributed by atoms with Crippen molar-refractivity contribution in [3.63, 3.8) is 0 Å². The van der Waals surface area contributed by atoms with Crippen LogP contribution in [0.1, 0.15) is 45.8 Å². The highest BCUT2D eigenvalue weighted by Gasteiger charge is 2.30. The maximum Gasteiger partial charge on any atom is 0.341 e. The number of esters is 2. The molecule has 0 unspecified atom stereocenters. The molecule has 0 fully saturated rings. The van der Waals surface area contributed by atoms with Gasteiger partial charge in [0.05, 0.1) is 12.7 Å². The molecular weight excluding hydrogens is 354 g/mol. The van der Waals surface area contributed by atoms with Gasteiger partial charge in [0.2, 0.25) is 6.10 Å². The van der Waals surface area contributed by atoms with Crippen LogP contribution < -0.4 is 5.32 Å². The Kier molecular flexibility index (Phi) is 5.37. The maximum absolute atomic E-state index is 12.8. The summed E-state index contributed by atoms with van der Waals surface area (Å²) in [6.45, 7) is 1.25. The molecule has 2 aromatic rings. The Morgan fingerprint density at radius 3 is 2.54 bits per heavy atom. The minimum atomic E-state index is -1.09. The first-order valence-electron chi connectivity index (χ1n) is 8.27. The van der Waals surface area contributed by atoms with Crippen molar-refractivity contribution >= 4 is 34.2 Å². The van der Waals surface area contributed by atoms with E-state index in [1.807, 2.05) is 6.07 Å². The summed E-state index contributed by atoms with van der Waals surface area (Å²) in [5, 5.41) is 3.20. The molecule has 0 aliphatic heterocycles. The van der Waals surface area contributed by atoms with Gasteiger partial charge in [-0.3, -0.25) is 9.59 Å². The highest BCUT2D eigenvalue weighted by atomic mass is 32.1. The fraction of sp³-hybridized carbons (Fsp3) is 0.316. The van der Waals surface area contributed by atoms with E-state index in [4.69, 9.17) is 9.47 Å². The average Bonchev–Trinajstić information content (AvgIpc) is 3.20. The van der Waals surface area contributed by atoms with Crippen LogP contribution in [-0.2, 0) is 31.9 Å². The third-order valence-corrected chi connectivity index (χ3v) is 5.38. The van der Waals surface area contributed by atoms with E-state index in [-0.39, 0.29) is 0 Å². The Morgan fingerprint density at radius 1 is 1.15 bits per heavy atom. The molecule has 26 heavy (non-hydrogen) atoms. The van der Waals surface area contributed by atoms with E-state index in [0.29, 0.717) is 16.1 Å². The van der Waals surface area contributed by atoms with Crippen molar-refractivity contribution in [3.05, 3.63) is 51.9 Å². The summed E-state index contributed by atoms with van der Waals surface area (Å²) in [5.41, 5.74) is 1.91. The number of amides is 1. The van der Waals surface area contributed by atoms with E-state index in [1.54, 1.807) is 24.3 Å². The molecule has 1 aliphatic carbocycles. The third-order valence-electron chi connectivity index (χ3n) is 4.17. The van der Waals surface area contributed by atoms with Gasteiger partial charge in [0.1, 0.15) is 5.00 Å². The number of thiophene rings is 1. The van der Waals surface area contributed by atoms with Crippen molar-refractivity contribution in [2.24, 2.45) is 0 Å². The van der Waals surface area contributed by atoms with Gasteiger partial charge in [-0.25, -0.2) is 4.79 Å². The summed E-state index contributed by atoms with van der Waals surface area (Å²) >= 11 is 1.38. The van der Waals surface area contributed by atoms with Gasteiger partial charge in [0.25, 0.3) is 5.91 Å². The molecular formula is C19H19NO5S. The first-order valence-corrected chi connectivity index (χ1v) is 9.08. The Balaban J connectivity index is 1.91. The van der Waals surface area contributed by atoms with Crippen molar-refractivity contribution in [3.8, 4) is 0 Å². The van der Waals surface area contributed by atoms with E-state index < -0.39 is 23.9 Å². The first kappa shape index (κ1) is 18.1. The molecule has 0 spiro atoms. The Morgan fingerprint density at radius 2 is 1.88 bits per heavy atom. The number of aryl methyl sites for hydroxylation is 1. The minimum absolute atomic E-state index is 0.410. The lowest BCUT2D eigenvalue weighted by atomic mass is 10.1. The topological polar surface area (TPSA) is 81.7 Å². The number of ether oxygens (including phenoxy) is 2. The molecule has 1 amide bonds. The van der Waals surface area contributed by atoms with Gasteiger partial charge in [-0.05, 0) is 24.8 Å². The zero-order valence-electron chi connectivity index (χ0n) is 14.5. The zero-order valence-corrected chi connectivity index (χ0v) is 15.4. The van der Waals surface area contributed by atoms with E-state index in [9.17, 15) is 14.4 Å². The van der Waals surface area contributed by atoms with Crippen LogP contribution in [0.15, 0.2) is 30.3 Å². The van der Waals surface area contributed by atoms with Crippen molar-refractivity contribution in [2.75, 3.05) is 12.4 Å². The Labute approximate surface area is 155 Å². The van der Waals surface area contributed by atoms with Gasteiger partial charge in [-0.1, -0.05) is 30.3 Å². The Hall–Kier alpha value is -2.67. The number of hydrogen-bond acceptors (Lipinski definition) is 6. The molecule has 0 bridgehead atoms. The van der Waals surface area contributed by atoms with E-state index in [0.717, 1.165) is 29.7 Å². The molecule has 1 heterocycles. The summed E-state index contributed by atoms with van der Waals surface area (Å²) in [4.78, 5) is 37.5. The molecule has 1 atom stereocenters. The standard InChI is InChI=1S/C19H19NO5S/c1-11(21)25-16(12-7-4-3-5-8-12)17(22)20-18-15(19(23)24-2)13-9-6-10-14(13)26-18/h3-5,7-8,16H,6,9-10H2,1-2H3,(H,20,22)/t16-/m1/s1. The monoisotopic (exact) mass is 373 g/mol. The second kappa shape index (κ2) is 7.70. The van der Waals surface area contributed by atoms with Crippen LogP contribution in [0.25, 0.3) is 0 Å². The summed E-state index contributed by atoms with van der Waals surface area (Å²) in [5.74, 6) is -1.53. The fourth-order valence-corrected chi connectivity index (χ4v) is 4.33. The molecule has 7 heteroatoms. The van der Waals surface area contributed by atoms with Crippen molar-refractivity contribution in [1.82, 2.24) is 0 Å². The number of fused-ring (bicyclic) bond motifs is 1. The van der Waals surface area contributed by atoms with Gasteiger partial charge in [-0.2, -0.15) is 0 Å². The minimum Gasteiger partial charge on any atom is -0.465 e. The number of hydrogen-bond donors (Lipinski definition) is 1. The largest absolute Gasteiger partial charge is 0.465 e. The lowest BCUT2D eigenvalue weighted by Crippen LogP contribution is -2.25.